The number of Topliss-reactive ketones (excluding diaryl/α,β-unsaturated/α-hetero) is 1. The SMILES string of the molecule is CN(C)[C@@H]1c2onc(OCc3ccccc3)c2C(=O)[C@@]2(O)[C@H](O[Si](C)(C)C(C)(C)C)[C@H](Sc3ccccc3)C=C[C@@H]12. The van der Waals surface area contributed by atoms with Gasteiger partial charge in [0.05, 0.1) is 17.4 Å². The molecule has 5 atom stereocenters. The van der Waals surface area contributed by atoms with Crippen LogP contribution in [0.4, 0.5) is 0 Å². The van der Waals surface area contributed by atoms with Gasteiger partial charge in [0.15, 0.2) is 19.7 Å². The third kappa shape index (κ3) is 5.46. The molecule has 41 heavy (non-hydrogen) atoms. The Kier molecular flexibility index (Phi) is 8.13. The molecule has 0 bridgehead atoms. The number of carbonyl (C=O) groups excluding carboxylic acids is 1. The van der Waals surface area contributed by atoms with Gasteiger partial charge < -0.3 is 18.8 Å². The molecule has 2 aliphatic rings. The molecule has 1 aromatic heterocycles. The lowest BCUT2D eigenvalue weighted by atomic mass is 9.65. The van der Waals surface area contributed by atoms with E-state index >= 15 is 0 Å². The summed E-state index contributed by atoms with van der Waals surface area (Å²) in [5.74, 6) is -0.565. The zero-order chi connectivity index (χ0) is 29.6. The van der Waals surface area contributed by atoms with Crippen LogP contribution in [0.3, 0.4) is 0 Å². The van der Waals surface area contributed by atoms with E-state index in [1.54, 1.807) is 11.8 Å². The number of ether oxygens (including phenoxy) is 1. The molecule has 9 heteroatoms. The molecular weight excluding hydrogens is 553 g/mol. The van der Waals surface area contributed by atoms with Crippen LogP contribution < -0.4 is 4.74 Å². The molecule has 5 rings (SSSR count). The summed E-state index contributed by atoms with van der Waals surface area (Å²) < 4.78 is 18.9. The highest BCUT2D eigenvalue weighted by Crippen LogP contribution is 2.54. The minimum absolute atomic E-state index is 0.0977. The van der Waals surface area contributed by atoms with Gasteiger partial charge in [0.2, 0.25) is 5.78 Å². The maximum Gasteiger partial charge on any atom is 0.265 e. The number of hydrogen-bond donors (Lipinski definition) is 1. The Morgan fingerprint density at radius 2 is 1.68 bits per heavy atom. The zero-order valence-electron chi connectivity index (χ0n) is 24.8. The van der Waals surface area contributed by atoms with E-state index < -0.39 is 37.8 Å². The van der Waals surface area contributed by atoms with Gasteiger partial charge in [0.25, 0.3) is 5.88 Å². The maximum atomic E-state index is 14.6. The summed E-state index contributed by atoms with van der Waals surface area (Å²) in [6.45, 7) is 11.0. The molecule has 0 spiro atoms. The molecule has 7 nitrogen and oxygen atoms in total. The van der Waals surface area contributed by atoms with E-state index in [-0.39, 0.29) is 28.3 Å². The quantitative estimate of drug-likeness (QED) is 0.234. The lowest BCUT2D eigenvalue weighted by molar-refractivity contribution is -0.0921. The monoisotopic (exact) mass is 592 g/mol. The molecule has 3 aromatic rings. The smallest absolute Gasteiger partial charge is 0.265 e. The average molecular weight is 593 g/mol. The molecule has 0 saturated carbocycles. The highest BCUT2D eigenvalue weighted by atomic mass is 32.2. The van der Waals surface area contributed by atoms with Crippen LogP contribution in [0.5, 0.6) is 5.88 Å². The Balaban J connectivity index is 1.61. The Morgan fingerprint density at radius 1 is 1.05 bits per heavy atom. The van der Waals surface area contributed by atoms with Crippen LogP contribution in [0.15, 0.2) is 82.2 Å². The van der Waals surface area contributed by atoms with Crippen molar-refractivity contribution in [2.45, 2.75) is 73.4 Å². The molecule has 0 saturated heterocycles. The summed E-state index contributed by atoms with van der Waals surface area (Å²) in [5.41, 5.74) is -0.733. The average Bonchev–Trinajstić information content (AvgIpc) is 3.34. The van der Waals surface area contributed by atoms with Crippen LogP contribution in [0.25, 0.3) is 0 Å². The van der Waals surface area contributed by atoms with Crippen LogP contribution in [0.1, 0.15) is 48.5 Å². The fraction of sp³-hybridized carbons (Fsp3) is 0.438. The highest BCUT2D eigenvalue weighted by molar-refractivity contribution is 8.00. The van der Waals surface area contributed by atoms with Gasteiger partial charge >= 0.3 is 0 Å². The van der Waals surface area contributed by atoms with Gasteiger partial charge in [-0.3, -0.25) is 9.69 Å². The van der Waals surface area contributed by atoms with Crippen molar-refractivity contribution in [3.05, 3.63) is 89.7 Å². The number of benzene rings is 2. The summed E-state index contributed by atoms with van der Waals surface area (Å²) in [7, 11) is 1.39. The largest absolute Gasteiger partial charge is 0.470 e. The fourth-order valence-electron chi connectivity index (χ4n) is 5.39. The summed E-state index contributed by atoms with van der Waals surface area (Å²) in [6.07, 6.45) is 3.25. The van der Waals surface area contributed by atoms with E-state index in [0.29, 0.717) is 5.76 Å². The summed E-state index contributed by atoms with van der Waals surface area (Å²) in [5, 5.41) is 16.6. The van der Waals surface area contributed by atoms with Crippen LogP contribution in [0.2, 0.25) is 18.1 Å². The van der Waals surface area contributed by atoms with E-state index in [1.165, 1.54) is 0 Å². The van der Waals surface area contributed by atoms with E-state index in [2.05, 4.69) is 45.1 Å². The Morgan fingerprint density at radius 3 is 2.29 bits per heavy atom. The molecule has 1 N–H and O–H groups in total. The number of hydrogen-bond acceptors (Lipinski definition) is 8. The second kappa shape index (κ2) is 11.2. The molecule has 0 radical (unpaired) electrons. The molecule has 218 valence electrons. The van der Waals surface area contributed by atoms with Crippen molar-refractivity contribution < 1.29 is 23.6 Å². The summed E-state index contributed by atoms with van der Waals surface area (Å²) in [4.78, 5) is 17.6. The first-order valence-corrected chi connectivity index (χ1v) is 17.8. The standard InChI is InChI=1S/C32H40N2O5SSi/c1-31(2,3)41(6,7)39-29-24(40-22-16-12-9-13-17-22)19-18-23-26(34(4)5)27-25(28(35)32(23,29)36)30(33-38-27)37-20-21-14-10-8-11-15-21/h8-19,23-24,26,29,36H,20H2,1-7H3/t23-,24+,26-,29+,32+/m0/s1. The van der Waals surface area contributed by atoms with Gasteiger partial charge in [-0.1, -0.05) is 81.5 Å². The second-order valence-electron chi connectivity index (χ2n) is 12.7. The molecule has 2 aliphatic carbocycles. The van der Waals surface area contributed by atoms with Gasteiger partial charge in [-0.15, -0.1) is 11.8 Å². The van der Waals surface area contributed by atoms with Crippen molar-refractivity contribution in [1.82, 2.24) is 10.1 Å². The van der Waals surface area contributed by atoms with Gasteiger partial charge in [0, 0.05) is 10.8 Å². The minimum Gasteiger partial charge on any atom is -0.470 e. The number of aliphatic hydroxyl groups is 1. The predicted octanol–water partition coefficient (Wildman–Crippen LogP) is 6.52. The third-order valence-corrected chi connectivity index (χ3v) is 14.3. The van der Waals surface area contributed by atoms with Crippen LogP contribution >= 0.6 is 11.8 Å². The van der Waals surface area contributed by atoms with Crippen molar-refractivity contribution in [2.24, 2.45) is 5.92 Å². The zero-order valence-corrected chi connectivity index (χ0v) is 26.6. The first kappa shape index (κ1) is 29.8. The van der Waals surface area contributed by atoms with E-state index in [9.17, 15) is 9.90 Å². The molecule has 0 amide bonds. The molecule has 1 heterocycles. The maximum absolute atomic E-state index is 14.6. The minimum atomic E-state index is -2.45. The fourth-order valence-corrected chi connectivity index (χ4v) is 7.99. The van der Waals surface area contributed by atoms with Gasteiger partial charge in [0.1, 0.15) is 12.2 Å². The third-order valence-electron chi connectivity index (χ3n) is 8.65. The first-order valence-electron chi connectivity index (χ1n) is 14.0. The number of aromatic nitrogens is 1. The van der Waals surface area contributed by atoms with Crippen molar-refractivity contribution in [3.63, 3.8) is 0 Å². The van der Waals surface area contributed by atoms with Crippen molar-refractivity contribution >= 4 is 25.9 Å². The summed E-state index contributed by atoms with van der Waals surface area (Å²) >= 11 is 1.60. The van der Waals surface area contributed by atoms with Crippen LogP contribution in [-0.2, 0) is 11.0 Å². The Hall–Kier alpha value is -2.69. The molecule has 0 unspecified atom stereocenters. The number of fused-ring (bicyclic) bond motifs is 2. The Bertz CT molecular complexity index is 1400. The summed E-state index contributed by atoms with van der Waals surface area (Å²) in [6, 6.07) is 19.3. The number of thioether (sulfide) groups is 1. The molecule has 0 aliphatic heterocycles. The van der Waals surface area contributed by atoms with Crippen LogP contribution in [0, 0.1) is 5.92 Å². The van der Waals surface area contributed by atoms with E-state index in [4.69, 9.17) is 13.7 Å². The first-order chi connectivity index (χ1) is 19.3. The predicted molar refractivity (Wildman–Crippen MR) is 164 cm³/mol. The Labute approximate surface area is 248 Å². The number of ketones is 1. The lowest BCUT2D eigenvalue weighted by Gasteiger charge is -2.53. The van der Waals surface area contributed by atoms with Crippen LogP contribution in [-0.4, -0.2) is 60.3 Å². The number of nitrogens with zero attached hydrogens (tertiary/aromatic N) is 2. The van der Waals surface area contributed by atoms with Gasteiger partial charge in [-0.25, -0.2) is 0 Å². The van der Waals surface area contributed by atoms with E-state index in [1.807, 2.05) is 85.7 Å². The highest BCUT2D eigenvalue weighted by Gasteiger charge is 2.64. The normalized spacial score (nSPS) is 26.1. The van der Waals surface area contributed by atoms with Crippen molar-refractivity contribution in [1.29, 1.82) is 0 Å². The van der Waals surface area contributed by atoms with Gasteiger partial charge in [-0.05, 0) is 55.1 Å². The number of rotatable bonds is 8. The van der Waals surface area contributed by atoms with E-state index in [0.717, 1.165) is 10.5 Å². The number of carbonyl (C=O) groups is 1. The van der Waals surface area contributed by atoms with Gasteiger partial charge in [-0.2, -0.15) is 0 Å². The second-order valence-corrected chi connectivity index (χ2v) is 18.7. The molecule has 2 aromatic carbocycles. The topological polar surface area (TPSA) is 85.0 Å². The molecular formula is C32H40N2O5SSi. The lowest BCUT2D eigenvalue weighted by Crippen LogP contribution is -2.67. The van der Waals surface area contributed by atoms with Crippen molar-refractivity contribution in [2.75, 3.05) is 14.1 Å². The molecule has 0 fully saturated rings. The van der Waals surface area contributed by atoms with Crippen molar-refractivity contribution in [3.8, 4) is 5.88 Å².